The normalized spacial score (nSPS) is 22.7. The minimum Gasteiger partial charge on any atom is -0.491 e. The second kappa shape index (κ2) is 6.18. The lowest BCUT2D eigenvalue weighted by Crippen LogP contribution is -2.42. The lowest BCUT2D eigenvalue weighted by Gasteiger charge is -2.29. The highest BCUT2D eigenvalue weighted by molar-refractivity contribution is 5.29. The molecule has 1 aliphatic rings. The topological polar surface area (TPSA) is 41.9 Å². The Hall–Kier alpha value is -1.10. The first-order chi connectivity index (χ1) is 8.65. The van der Waals surface area contributed by atoms with Crippen LogP contribution in [0, 0.1) is 0 Å². The van der Waals surface area contributed by atoms with Crippen LogP contribution >= 0.6 is 0 Å². The summed E-state index contributed by atoms with van der Waals surface area (Å²) >= 11 is 0. The van der Waals surface area contributed by atoms with Gasteiger partial charge in [0.1, 0.15) is 18.5 Å². The van der Waals surface area contributed by atoms with E-state index in [1.165, 1.54) is 0 Å². The third kappa shape index (κ3) is 3.70. The van der Waals surface area contributed by atoms with E-state index in [9.17, 15) is 5.11 Å². The van der Waals surface area contributed by atoms with Crippen molar-refractivity contribution in [2.75, 3.05) is 33.4 Å². The Morgan fingerprint density at radius 3 is 3.11 bits per heavy atom. The monoisotopic (exact) mass is 251 g/mol. The molecule has 18 heavy (non-hydrogen) atoms. The summed E-state index contributed by atoms with van der Waals surface area (Å²) in [4.78, 5) is 2.24. The van der Waals surface area contributed by atoms with Crippen LogP contribution in [-0.4, -0.2) is 49.5 Å². The molecule has 1 aromatic rings. The molecule has 0 aliphatic carbocycles. The van der Waals surface area contributed by atoms with Crippen LogP contribution in [0.5, 0.6) is 5.75 Å². The first-order valence-corrected chi connectivity index (χ1v) is 6.36. The van der Waals surface area contributed by atoms with Crippen LogP contribution in [0.3, 0.4) is 0 Å². The van der Waals surface area contributed by atoms with E-state index in [1.54, 1.807) is 6.92 Å². The summed E-state index contributed by atoms with van der Waals surface area (Å²) in [5.74, 6) is 0.783. The minimum absolute atomic E-state index is 0.124. The Kier molecular flexibility index (Phi) is 4.58. The van der Waals surface area contributed by atoms with E-state index in [4.69, 9.17) is 9.47 Å². The molecule has 1 N–H and O–H groups in total. The predicted octanol–water partition coefficient (Wildman–Crippen LogP) is 1.45. The van der Waals surface area contributed by atoms with E-state index in [0.29, 0.717) is 6.61 Å². The zero-order valence-corrected chi connectivity index (χ0v) is 11.0. The van der Waals surface area contributed by atoms with Crippen LogP contribution < -0.4 is 4.74 Å². The van der Waals surface area contributed by atoms with Gasteiger partial charge in [0.2, 0.25) is 0 Å². The number of rotatable bonds is 4. The average Bonchev–Trinajstić information content (AvgIpc) is 2.37. The molecule has 1 heterocycles. The molecule has 2 atom stereocenters. The van der Waals surface area contributed by atoms with E-state index < -0.39 is 6.10 Å². The SMILES string of the molecule is C[C@@H](O)c1cccc(OCC2CN(C)CCO2)c1. The van der Waals surface area contributed by atoms with Crippen LogP contribution in [0.4, 0.5) is 0 Å². The summed E-state index contributed by atoms with van der Waals surface area (Å²) in [6.45, 7) is 4.94. The molecule has 4 nitrogen and oxygen atoms in total. The molecule has 0 spiro atoms. The van der Waals surface area contributed by atoms with E-state index in [-0.39, 0.29) is 6.10 Å². The van der Waals surface area contributed by atoms with Crippen LogP contribution in [0.2, 0.25) is 0 Å². The maximum atomic E-state index is 9.51. The molecule has 100 valence electrons. The van der Waals surface area contributed by atoms with E-state index >= 15 is 0 Å². The van der Waals surface area contributed by atoms with Crippen molar-refractivity contribution >= 4 is 0 Å². The summed E-state index contributed by atoms with van der Waals surface area (Å²) in [5, 5.41) is 9.51. The van der Waals surface area contributed by atoms with Gasteiger partial charge in [0.15, 0.2) is 0 Å². The minimum atomic E-state index is -0.467. The molecule has 1 fully saturated rings. The Bertz CT molecular complexity index is 381. The summed E-state index contributed by atoms with van der Waals surface area (Å²) in [5.41, 5.74) is 0.870. The molecule has 1 saturated heterocycles. The molecule has 2 rings (SSSR count). The maximum absolute atomic E-state index is 9.51. The third-order valence-electron chi connectivity index (χ3n) is 3.12. The third-order valence-corrected chi connectivity index (χ3v) is 3.12. The Morgan fingerprint density at radius 1 is 1.56 bits per heavy atom. The highest BCUT2D eigenvalue weighted by Gasteiger charge is 2.18. The number of hydrogen-bond donors (Lipinski definition) is 1. The Morgan fingerprint density at radius 2 is 2.39 bits per heavy atom. The van der Waals surface area contributed by atoms with Gasteiger partial charge in [-0.05, 0) is 31.7 Å². The number of aliphatic hydroxyl groups excluding tert-OH is 1. The van der Waals surface area contributed by atoms with Crippen LogP contribution in [0.15, 0.2) is 24.3 Å². The molecule has 1 aliphatic heterocycles. The number of ether oxygens (including phenoxy) is 2. The van der Waals surface area contributed by atoms with Crippen molar-refractivity contribution in [1.29, 1.82) is 0 Å². The fourth-order valence-electron chi connectivity index (χ4n) is 2.02. The zero-order chi connectivity index (χ0) is 13.0. The molecular weight excluding hydrogens is 230 g/mol. The van der Waals surface area contributed by atoms with E-state index in [0.717, 1.165) is 31.0 Å². The van der Waals surface area contributed by atoms with Gasteiger partial charge in [0.05, 0.1) is 12.7 Å². The molecule has 0 saturated carbocycles. The van der Waals surface area contributed by atoms with E-state index in [1.807, 2.05) is 24.3 Å². The summed E-state index contributed by atoms with van der Waals surface area (Å²) in [7, 11) is 2.09. The highest BCUT2D eigenvalue weighted by Crippen LogP contribution is 2.19. The summed E-state index contributed by atoms with van der Waals surface area (Å²) < 4.78 is 11.4. The molecule has 0 radical (unpaired) electrons. The van der Waals surface area contributed by atoms with Crippen molar-refractivity contribution in [3.8, 4) is 5.75 Å². The largest absolute Gasteiger partial charge is 0.491 e. The molecule has 0 amide bonds. The fourth-order valence-corrected chi connectivity index (χ4v) is 2.02. The van der Waals surface area contributed by atoms with Crippen molar-refractivity contribution in [2.45, 2.75) is 19.1 Å². The predicted molar refractivity (Wildman–Crippen MR) is 69.8 cm³/mol. The molecule has 1 unspecified atom stereocenters. The number of benzene rings is 1. The van der Waals surface area contributed by atoms with Gasteiger partial charge < -0.3 is 19.5 Å². The van der Waals surface area contributed by atoms with Crippen molar-refractivity contribution in [3.63, 3.8) is 0 Å². The van der Waals surface area contributed by atoms with Crippen molar-refractivity contribution < 1.29 is 14.6 Å². The molecule has 1 aromatic carbocycles. The van der Waals surface area contributed by atoms with Crippen molar-refractivity contribution in [2.24, 2.45) is 0 Å². The lowest BCUT2D eigenvalue weighted by molar-refractivity contribution is -0.0403. The van der Waals surface area contributed by atoms with Gasteiger partial charge in [-0.3, -0.25) is 0 Å². The van der Waals surface area contributed by atoms with Crippen molar-refractivity contribution in [3.05, 3.63) is 29.8 Å². The van der Waals surface area contributed by atoms with Gasteiger partial charge in [0.25, 0.3) is 0 Å². The number of hydrogen-bond acceptors (Lipinski definition) is 4. The fraction of sp³-hybridized carbons (Fsp3) is 0.571. The number of likely N-dealkylation sites (N-methyl/N-ethyl adjacent to an activating group) is 1. The Labute approximate surface area is 108 Å². The maximum Gasteiger partial charge on any atom is 0.119 e. The molecule has 0 aromatic heterocycles. The average molecular weight is 251 g/mol. The second-order valence-corrected chi connectivity index (χ2v) is 4.81. The van der Waals surface area contributed by atoms with E-state index in [2.05, 4.69) is 11.9 Å². The first-order valence-electron chi connectivity index (χ1n) is 6.36. The van der Waals surface area contributed by atoms with Gasteiger partial charge in [-0.1, -0.05) is 12.1 Å². The quantitative estimate of drug-likeness (QED) is 0.879. The zero-order valence-electron chi connectivity index (χ0n) is 11.0. The van der Waals surface area contributed by atoms with Crippen LogP contribution in [-0.2, 0) is 4.74 Å². The number of morpholine rings is 1. The van der Waals surface area contributed by atoms with Gasteiger partial charge in [-0.15, -0.1) is 0 Å². The standard InChI is InChI=1S/C14H21NO3/c1-11(16)12-4-3-5-13(8-12)18-10-14-9-15(2)6-7-17-14/h3-5,8,11,14,16H,6-7,9-10H2,1-2H3/t11-,14?/m1/s1. The number of aliphatic hydroxyl groups is 1. The summed E-state index contributed by atoms with van der Waals surface area (Å²) in [6, 6.07) is 7.56. The number of nitrogens with zero attached hydrogens (tertiary/aromatic N) is 1. The second-order valence-electron chi connectivity index (χ2n) is 4.81. The molecule has 0 bridgehead atoms. The Balaban J connectivity index is 1.87. The van der Waals surface area contributed by atoms with Gasteiger partial charge >= 0.3 is 0 Å². The van der Waals surface area contributed by atoms with Gasteiger partial charge in [0, 0.05) is 13.1 Å². The lowest BCUT2D eigenvalue weighted by atomic mass is 10.1. The van der Waals surface area contributed by atoms with Gasteiger partial charge in [-0.2, -0.15) is 0 Å². The summed E-state index contributed by atoms with van der Waals surface area (Å²) in [6.07, 6.45) is -0.343. The molecular formula is C14H21NO3. The highest BCUT2D eigenvalue weighted by atomic mass is 16.5. The smallest absolute Gasteiger partial charge is 0.119 e. The van der Waals surface area contributed by atoms with Gasteiger partial charge in [-0.25, -0.2) is 0 Å². The van der Waals surface area contributed by atoms with Crippen LogP contribution in [0.25, 0.3) is 0 Å². The van der Waals surface area contributed by atoms with Crippen LogP contribution in [0.1, 0.15) is 18.6 Å². The van der Waals surface area contributed by atoms with Crippen molar-refractivity contribution in [1.82, 2.24) is 4.90 Å². The first kappa shape index (κ1) is 13.3. The molecule has 4 heteroatoms.